The highest BCUT2D eigenvalue weighted by atomic mass is 35.6. The fourth-order valence-electron chi connectivity index (χ4n) is 1.75. The highest BCUT2D eigenvalue weighted by molar-refractivity contribution is 6.67. The normalized spacial score (nSPS) is 11.3. The van der Waals surface area contributed by atoms with Crippen molar-refractivity contribution >= 4 is 34.8 Å². The van der Waals surface area contributed by atoms with E-state index >= 15 is 0 Å². The number of halogens is 3. The van der Waals surface area contributed by atoms with E-state index < -0.39 is 3.79 Å². The van der Waals surface area contributed by atoms with Crippen molar-refractivity contribution < 1.29 is 4.74 Å². The summed E-state index contributed by atoms with van der Waals surface area (Å²) >= 11 is 17.9. The van der Waals surface area contributed by atoms with E-state index in [-0.39, 0.29) is 0 Å². The molecule has 0 N–H and O–H groups in total. The summed E-state index contributed by atoms with van der Waals surface area (Å²) in [5, 5.41) is 0. The minimum Gasteiger partial charge on any atom is -0.497 e. The molecule has 0 atom stereocenters. The summed E-state index contributed by atoms with van der Waals surface area (Å²) in [5.74, 6) is 0.796. The second-order valence-electron chi connectivity index (χ2n) is 3.77. The lowest BCUT2D eigenvalue weighted by molar-refractivity contribution is 0.415. The molecule has 0 heterocycles. The molecule has 0 saturated heterocycles. The summed E-state index contributed by atoms with van der Waals surface area (Å²) in [7, 11) is 1.63. The van der Waals surface area contributed by atoms with E-state index in [9.17, 15) is 0 Å². The second kappa shape index (κ2) is 5.40. The van der Waals surface area contributed by atoms with Crippen LogP contribution in [0.25, 0.3) is 11.1 Å². The molecule has 0 aliphatic carbocycles. The van der Waals surface area contributed by atoms with E-state index in [0.717, 1.165) is 16.9 Å². The number of hydrogen-bond donors (Lipinski definition) is 0. The molecule has 2 aromatic rings. The molecule has 0 amide bonds. The zero-order chi connectivity index (χ0) is 13.2. The maximum Gasteiger partial charge on any atom is 0.216 e. The molecule has 1 nitrogen and oxygen atoms in total. The number of ether oxygens (including phenoxy) is 1. The van der Waals surface area contributed by atoms with Crippen LogP contribution < -0.4 is 4.74 Å². The van der Waals surface area contributed by atoms with Crippen LogP contribution >= 0.6 is 34.8 Å². The summed E-state index contributed by atoms with van der Waals surface area (Å²) in [6.45, 7) is 0. The molecule has 0 spiro atoms. The van der Waals surface area contributed by atoms with Crippen molar-refractivity contribution in [3.8, 4) is 16.9 Å². The summed E-state index contributed by atoms with van der Waals surface area (Å²) in [4.78, 5) is 0. The summed E-state index contributed by atoms with van der Waals surface area (Å²) in [6, 6.07) is 15.1. The van der Waals surface area contributed by atoms with Crippen LogP contribution in [-0.2, 0) is 3.79 Å². The molecule has 0 aromatic heterocycles. The summed E-state index contributed by atoms with van der Waals surface area (Å²) in [6.07, 6.45) is 0. The fourth-order valence-corrected chi connectivity index (χ4v) is 2.25. The van der Waals surface area contributed by atoms with Gasteiger partial charge < -0.3 is 4.74 Å². The SMILES string of the molecule is COc1ccc(-c2ccccc2C(Cl)(Cl)Cl)cc1. The van der Waals surface area contributed by atoms with Crippen LogP contribution in [0.3, 0.4) is 0 Å². The average molecular weight is 302 g/mol. The van der Waals surface area contributed by atoms with E-state index in [1.165, 1.54) is 0 Å². The van der Waals surface area contributed by atoms with Crippen LogP contribution in [0, 0.1) is 0 Å². The first-order chi connectivity index (χ1) is 8.52. The zero-order valence-electron chi connectivity index (χ0n) is 9.66. The molecule has 0 unspecified atom stereocenters. The van der Waals surface area contributed by atoms with Crippen molar-refractivity contribution in [1.29, 1.82) is 0 Å². The topological polar surface area (TPSA) is 9.23 Å². The van der Waals surface area contributed by atoms with Crippen molar-refractivity contribution in [3.63, 3.8) is 0 Å². The van der Waals surface area contributed by atoms with Gasteiger partial charge in [0.15, 0.2) is 0 Å². The Hall–Kier alpha value is -0.890. The molecule has 0 aliphatic rings. The van der Waals surface area contributed by atoms with E-state index in [1.54, 1.807) is 7.11 Å². The summed E-state index contributed by atoms with van der Waals surface area (Å²) in [5.41, 5.74) is 2.55. The lowest BCUT2D eigenvalue weighted by atomic mass is 10.0. The lowest BCUT2D eigenvalue weighted by Gasteiger charge is -2.16. The molecular formula is C14H11Cl3O. The van der Waals surface area contributed by atoms with Crippen LogP contribution in [0.2, 0.25) is 0 Å². The predicted octanol–water partition coefficient (Wildman–Crippen LogP) is 5.19. The van der Waals surface area contributed by atoms with Gasteiger partial charge in [-0.2, -0.15) is 0 Å². The van der Waals surface area contributed by atoms with E-state index in [0.29, 0.717) is 5.56 Å². The largest absolute Gasteiger partial charge is 0.497 e. The smallest absolute Gasteiger partial charge is 0.216 e. The summed E-state index contributed by atoms with van der Waals surface area (Å²) < 4.78 is 3.69. The Labute approximate surface area is 121 Å². The molecular weight excluding hydrogens is 291 g/mol. The van der Waals surface area contributed by atoms with Gasteiger partial charge >= 0.3 is 0 Å². The Balaban J connectivity index is 2.50. The third-order valence-corrected chi connectivity index (χ3v) is 3.24. The Morgan fingerprint density at radius 2 is 1.50 bits per heavy atom. The molecule has 0 radical (unpaired) electrons. The minimum absolute atomic E-state index is 0.667. The first kappa shape index (κ1) is 13.5. The van der Waals surface area contributed by atoms with Crippen molar-refractivity contribution in [2.24, 2.45) is 0 Å². The first-order valence-electron chi connectivity index (χ1n) is 5.33. The van der Waals surface area contributed by atoms with Crippen molar-refractivity contribution in [3.05, 3.63) is 54.1 Å². The van der Waals surface area contributed by atoms with E-state index in [2.05, 4.69) is 0 Å². The molecule has 4 heteroatoms. The third-order valence-electron chi connectivity index (χ3n) is 2.63. The minimum atomic E-state index is -1.43. The molecule has 0 bridgehead atoms. The van der Waals surface area contributed by atoms with Gasteiger partial charge in [-0.1, -0.05) is 71.2 Å². The monoisotopic (exact) mass is 300 g/mol. The maximum atomic E-state index is 5.98. The van der Waals surface area contributed by atoms with E-state index in [4.69, 9.17) is 39.5 Å². The van der Waals surface area contributed by atoms with Gasteiger partial charge in [0.25, 0.3) is 0 Å². The Kier molecular flexibility index (Phi) is 4.06. The number of rotatable bonds is 2. The highest BCUT2D eigenvalue weighted by Crippen LogP contribution is 2.43. The van der Waals surface area contributed by atoms with Gasteiger partial charge in [0.1, 0.15) is 5.75 Å². The third kappa shape index (κ3) is 2.92. The Bertz CT molecular complexity index is 529. The van der Waals surface area contributed by atoms with Gasteiger partial charge in [0.2, 0.25) is 3.79 Å². The number of benzene rings is 2. The van der Waals surface area contributed by atoms with E-state index in [1.807, 2.05) is 48.5 Å². The zero-order valence-corrected chi connectivity index (χ0v) is 11.9. The van der Waals surface area contributed by atoms with Crippen LogP contribution in [0.5, 0.6) is 5.75 Å². The number of hydrogen-bond acceptors (Lipinski definition) is 1. The Morgan fingerprint density at radius 1 is 0.889 bits per heavy atom. The maximum absolute atomic E-state index is 5.98. The molecule has 0 fully saturated rings. The molecule has 0 saturated carbocycles. The number of methoxy groups -OCH3 is 1. The molecule has 2 rings (SSSR count). The average Bonchev–Trinajstić information content (AvgIpc) is 2.38. The number of alkyl halides is 3. The highest BCUT2D eigenvalue weighted by Gasteiger charge is 2.25. The van der Waals surface area contributed by atoms with Gasteiger partial charge in [0.05, 0.1) is 7.11 Å². The van der Waals surface area contributed by atoms with Crippen molar-refractivity contribution in [2.45, 2.75) is 3.79 Å². The second-order valence-corrected chi connectivity index (χ2v) is 6.05. The molecule has 18 heavy (non-hydrogen) atoms. The van der Waals surface area contributed by atoms with Gasteiger partial charge in [-0.25, -0.2) is 0 Å². The van der Waals surface area contributed by atoms with Crippen LogP contribution in [0.4, 0.5) is 0 Å². The Morgan fingerprint density at radius 3 is 2.06 bits per heavy atom. The quantitative estimate of drug-likeness (QED) is 0.694. The fraction of sp³-hybridized carbons (Fsp3) is 0.143. The molecule has 0 aliphatic heterocycles. The standard InChI is InChI=1S/C14H11Cl3O/c1-18-11-8-6-10(7-9-11)12-4-2-3-5-13(12)14(15,16)17/h2-9H,1H3. The van der Waals surface area contributed by atoms with Crippen LogP contribution in [0.15, 0.2) is 48.5 Å². The lowest BCUT2D eigenvalue weighted by Crippen LogP contribution is -2.02. The van der Waals surface area contributed by atoms with Gasteiger partial charge in [-0.3, -0.25) is 0 Å². The molecule has 94 valence electrons. The predicted molar refractivity (Wildman–Crippen MR) is 77.7 cm³/mol. The van der Waals surface area contributed by atoms with Gasteiger partial charge in [-0.15, -0.1) is 0 Å². The van der Waals surface area contributed by atoms with Crippen molar-refractivity contribution in [2.75, 3.05) is 7.11 Å². The van der Waals surface area contributed by atoms with Gasteiger partial charge in [-0.05, 0) is 23.3 Å². The van der Waals surface area contributed by atoms with Crippen LogP contribution in [0.1, 0.15) is 5.56 Å². The van der Waals surface area contributed by atoms with Gasteiger partial charge in [0, 0.05) is 5.56 Å². The molecule has 2 aromatic carbocycles. The van der Waals surface area contributed by atoms with Crippen LogP contribution in [-0.4, -0.2) is 7.11 Å². The van der Waals surface area contributed by atoms with Crippen molar-refractivity contribution in [1.82, 2.24) is 0 Å². The first-order valence-corrected chi connectivity index (χ1v) is 6.46.